The van der Waals surface area contributed by atoms with Crippen LogP contribution in [0.2, 0.25) is 0 Å². The first-order valence-corrected chi connectivity index (χ1v) is 7.09. The first kappa shape index (κ1) is 15.9. The molecule has 0 aromatic carbocycles. The summed E-state index contributed by atoms with van der Waals surface area (Å²) < 4.78 is 0. The van der Waals surface area contributed by atoms with Gasteiger partial charge in [0.15, 0.2) is 0 Å². The highest BCUT2D eigenvalue weighted by atomic mass is 15.1. The summed E-state index contributed by atoms with van der Waals surface area (Å²) in [5, 5.41) is 0. The molecule has 0 radical (unpaired) electrons. The summed E-state index contributed by atoms with van der Waals surface area (Å²) >= 11 is 0. The van der Waals surface area contributed by atoms with Crippen molar-refractivity contribution in [1.82, 2.24) is 4.90 Å². The summed E-state index contributed by atoms with van der Waals surface area (Å²) in [6.07, 6.45) is 6.51. The zero-order valence-corrected chi connectivity index (χ0v) is 11.8. The van der Waals surface area contributed by atoms with Gasteiger partial charge in [-0.15, -0.1) is 0 Å². The smallest absolute Gasteiger partial charge is 0.00387 e. The predicted octanol–water partition coefficient (Wildman–Crippen LogP) is 3.26. The van der Waals surface area contributed by atoms with E-state index in [1.54, 1.807) is 0 Å². The molecule has 2 N–H and O–H groups in total. The molecule has 0 aliphatic carbocycles. The second-order valence-electron chi connectivity index (χ2n) is 5.19. The minimum absolute atomic E-state index is 0.655. The number of nitrogens with zero attached hydrogens (tertiary/aromatic N) is 1. The molecule has 0 bridgehead atoms. The lowest BCUT2D eigenvalue weighted by Crippen LogP contribution is -2.38. The second-order valence-corrected chi connectivity index (χ2v) is 5.19. The number of unbranched alkanes of at least 4 members (excludes halogenated alkanes) is 2. The van der Waals surface area contributed by atoms with Crippen LogP contribution < -0.4 is 5.73 Å². The Hall–Kier alpha value is -0.0800. The van der Waals surface area contributed by atoms with Gasteiger partial charge in [0.2, 0.25) is 0 Å². The summed E-state index contributed by atoms with van der Waals surface area (Å²) in [7, 11) is 0. The number of nitrogens with two attached hydrogens (primary N) is 1. The molecule has 1 atom stereocenters. The molecule has 0 spiro atoms. The molecule has 0 rings (SSSR count). The Labute approximate surface area is 103 Å². The van der Waals surface area contributed by atoms with Gasteiger partial charge in [0.05, 0.1) is 0 Å². The quantitative estimate of drug-likeness (QED) is 0.582. The van der Waals surface area contributed by atoms with Crippen LogP contribution in [0.25, 0.3) is 0 Å². The van der Waals surface area contributed by atoms with E-state index in [1.165, 1.54) is 45.2 Å². The number of hydrogen-bond acceptors (Lipinski definition) is 2. The van der Waals surface area contributed by atoms with Crippen molar-refractivity contribution in [3.8, 4) is 0 Å². The van der Waals surface area contributed by atoms with Gasteiger partial charge in [0.1, 0.15) is 0 Å². The van der Waals surface area contributed by atoms with Crippen LogP contribution in [0.15, 0.2) is 0 Å². The molecule has 2 nitrogen and oxygen atoms in total. The summed E-state index contributed by atoms with van der Waals surface area (Å²) in [4.78, 5) is 2.60. The zero-order chi connectivity index (χ0) is 12.4. The van der Waals surface area contributed by atoms with E-state index in [9.17, 15) is 0 Å². The van der Waals surface area contributed by atoms with Crippen LogP contribution in [0.4, 0.5) is 0 Å². The number of rotatable bonds is 10. The predicted molar refractivity (Wildman–Crippen MR) is 73.7 cm³/mol. The average molecular weight is 228 g/mol. The summed E-state index contributed by atoms with van der Waals surface area (Å²) in [5.74, 6) is 0.689. The Kier molecular flexibility index (Phi) is 10.0. The van der Waals surface area contributed by atoms with E-state index in [0.29, 0.717) is 12.0 Å². The summed E-state index contributed by atoms with van der Waals surface area (Å²) in [6.45, 7) is 12.4. The van der Waals surface area contributed by atoms with Crippen molar-refractivity contribution in [2.24, 2.45) is 11.7 Å². The largest absolute Gasteiger partial charge is 0.330 e. The molecule has 0 saturated heterocycles. The van der Waals surface area contributed by atoms with Crippen LogP contribution >= 0.6 is 0 Å². The zero-order valence-electron chi connectivity index (χ0n) is 11.8. The fourth-order valence-electron chi connectivity index (χ4n) is 2.15. The third-order valence-electron chi connectivity index (χ3n) is 3.30. The fraction of sp³-hybridized carbons (Fsp3) is 1.00. The van der Waals surface area contributed by atoms with E-state index in [4.69, 9.17) is 5.73 Å². The van der Waals surface area contributed by atoms with Gasteiger partial charge in [-0.3, -0.25) is 0 Å². The van der Waals surface area contributed by atoms with E-state index in [-0.39, 0.29) is 0 Å². The Morgan fingerprint density at radius 1 is 1.06 bits per heavy atom. The van der Waals surface area contributed by atoms with Gasteiger partial charge < -0.3 is 10.6 Å². The molecular weight excluding hydrogens is 196 g/mol. The van der Waals surface area contributed by atoms with Crippen LogP contribution in [0.1, 0.15) is 59.8 Å². The molecule has 0 aromatic heterocycles. The maximum absolute atomic E-state index is 5.84. The van der Waals surface area contributed by atoms with Crippen molar-refractivity contribution in [2.75, 3.05) is 19.6 Å². The Morgan fingerprint density at radius 3 is 2.19 bits per heavy atom. The molecule has 0 aromatic rings. The second kappa shape index (κ2) is 10.1. The van der Waals surface area contributed by atoms with Gasteiger partial charge >= 0.3 is 0 Å². The fourth-order valence-corrected chi connectivity index (χ4v) is 2.15. The van der Waals surface area contributed by atoms with Crippen LogP contribution in [-0.2, 0) is 0 Å². The normalized spacial score (nSPS) is 13.7. The SMILES string of the molecule is CCCCCN(CC(CN)CCC)C(C)C. The average Bonchev–Trinajstić information content (AvgIpc) is 2.26. The van der Waals surface area contributed by atoms with Gasteiger partial charge in [-0.05, 0) is 45.7 Å². The Balaban J connectivity index is 3.98. The van der Waals surface area contributed by atoms with Gasteiger partial charge in [-0.1, -0.05) is 33.1 Å². The molecule has 16 heavy (non-hydrogen) atoms. The van der Waals surface area contributed by atoms with E-state index in [2.05, 4.69) is 32.6 Å². The van der Waals surface area contributed by atoms with Crippen LogP contribution in [-0.4, -0.2) is 30.6 Å². The third kappa shape index (κ3) is 7.24. The highest BCUT2D eigenvalue weighted by Gasteiger charge is 2.14. The highest BCUT2D eigenvalue weighted by Crippen LogP contribution is 2.11. The molecule has 0 amide bonds. The molecule has 0 saturated carbocycles. The van der Waals surface area contributed by atoms with Crippen molar-refractivity contribution in [2.45, 2.75) is 65.8 Å². The minimum Gasteiger partial charge on any atom is -0.330 e. The van der Waals surface area contributed by atoms with Gasteiger partial charge in [0, 0.05) is 12.6 Å². The molecule has 0 heterocycles. The van der Waals surface area contributed by atoms with Crippen LogP contribution in [0.5, 0.6) is 0 Å². The first-order valence-electron chi connectivity index (χ1n) is 7.09. The van der Waals surface area contributed by atoms with Crippen LogP contribution in [0.3, 0.4) is 0 Å². The lowest BCUT2D eigenvalue weighted by molar-refractivity contribution is 0.180. The van der Waals surface area contributed by atoms with E-state index >= 15 is 0 Å². The van der Waals surface area contributed by atoms with Gasteiger partial charge in [-0.2, -0.15) is 0 Å². The monoisotopic (exact) mass is 228 g/mol. The molecule has 0 aliphatic rings. The van der Waals surface area contributed by atoms with Gasteiger partial charge in [-0.25, -0.2) is 0 Å². The molecular formula is C14H32N2. The van der Waals surface area contributed by atoms with E-state index < -0.39 is 0 Å². The highest BCUT2D eigenvalue weighted by molar-refractivity contribution is 4.69. The lowest BCUT2D eigenvalue weighted by atomic mass is 10.0. The minimum atomic E-state index is 0.655. The van der Waals surface area contributed by atoms with Crippen molar-refractivity contribution in [1.29, 1.82) is 0 Å². The van der Waals surface area contributed by atoms with E-state index in [0.717, 1.165) is 6.54 Å². The summed E-state index contributed by atoms with van der Waals surface area (Å²) in [5.41, 5.74) is 5.84. The number of hydrogen-bond donors (Lipinski definition) is 1. The maximum Gasteiger partial charge on any atom is 0.00387 e. The van der Waals surface area contributed by atoms with Crippen molar-refractivity contribution in [3.63, 3.8) is 0 Å². The van der Waals surface area contributed by atoms with E-state index in [1.807, 2.05) is 0 Å². The topological polar surface area (TPSA) is 29.3 Å². The third-order valence-corrected chi connectivity index (χ3v) is 3.30. The standard InChI is InChI=1S/C14H32N2/c1-5-7-8-10-16(13(3)4)12-14(11-15)9-6-2/h13-14H,5-12,15H2,1-4H3. The first-order chi connectivity index (χ1) is 7.65. The lowest BCUT2D eigenvalue weighted by Gasteiger charge is -2.30. The molecule has 0 fully saturated rings. The summed E-state index contributed by atoms with van der Waals surface area (Å²) in [6, 6.07) is 0.655. The van der Waals surface area contributed by atoms with Crippen molar-refractivity contribution in [3.05, 3.63) is 0 Å². The molecule has 98 valence electrons. The maximum atomic E-state index is 5.84. The molecule has 0 aliphatic heterocycles. The Morgan fingerprint density at radius 2 is 1.75 bits per heavy atom. The van der Waals surface area contributed by atoms with Crippen LogP contribution in [0, 0.1) is 5.92 Å². The molecule has 2 heteroatoms. The van der Waals surface area contributed by atoms with Crippen molar-refractivity contribution < 1.29 is 0 Å². The molecule has 1 unspecified atom stereocenters. The Bertz CT molecular complexity index is 146. The van der Waals surface area contributed by atoms with Crippen molar-refractivity contribution >= 4 is 0 Å². The van der Waals surface area contributed by atoms with Gasteiger partial charge in [0.25, 0.3) is 0 Å².